The molecule has 2 aromatic rings. The van der Waals surface area contributed by atoms with E-state index in [1.807, 2.05) is 19.1 Å². The summed E-state index contributed by atoms with van der Waals surface area (Å²) in [6, 6.07) is 8.76. The fourth-order valence-corrected chi connectivity index (χ4v) is 1.53. The monoisotopic (exact) mass is 174 g/mol. The highest BCUT2D eigenvalue weighted by atomic mass is 16.3. The van der Waals surface area contributed by atoms with Crippen molar-refractivity contribution >= 4 is 10.8 Å². The summed E-state index contributed by atoms with van der Waals surface area (Å²) in [7, 11) is 0. The first-order valence-electron chi connectivity index (χ1n) is 4.10. The molecule has 0 aromatic heterocycles. The number of phenols is 2. The molecule has 66 valence electrons. The van der Waals surface area contributed by atoms with Crippen molar-refractivity contribution in [1.29, 1.82) is 0 Å². The molecule has 0 aliphatic heterocycles. The van der Waals surface area contributed by atoms with Crippen LogP contribution in [0.25, 0.3) is 10.8 Å². The van der Waals surface area contributed by atoms with E-state index in [0.29, 0.717) is 5.39 Å². The maximum atomic E-state index is 9.57. The predicted octanol–water partition coefficient (Wildman–Crippen LogP) is 2.56. The minimum Gasteiger partial charge on any atom is -0.507 e. The Morgan fingerprint density at radius 1 is 1.00 bits per heavy atom. The average molecular weight is 174 g/mol. The summed E-state index contributed by atoms with van der Waals surface area (Å²) >= 11 is 0. The summed E-state index contributed by atoms with van der Waals surface area (Å²) in [5.41, 5.74) is 0.982. The van der Waals surface area contributed by atoms with Crippen molar-refractivity contribution in [2.75, 3.05) is 0 Å². The molecule has 0 saturated carbocycles. The second kappa shape index (κ2) is 2.66. The molecule has 0 bridgehead atoms. The van der Waals surface area contributed by atoms with E-state index in [0.717, 1.165) is 10.9 Å². The lowest BCUT2D eigenvalue weighted by Crippen LogP contribution is -1.78. The average Bonchev–Trinajstić information content (AvgIpc) is 2.02. The summed E-state index contributed by atoms with van der Waals surface area (Å²) in [6.45, 7) is 1.91. The van der Waals surface area contributed by atoms with E-state index < -0.39 is 0 Å². The van der Waals surface area contributed by atoms with Gasteiger partial charge in [-0.1, -0.05) is 18.2 Å². The standard InChI is InChI=1S/C11H10O2/c1-7-5-8-3-2-4-9(12)11(8)10(13)6-7/h2-6,12-13H,1H3. The summed E-state index contributed by atoms with van der Waals surface area (Å²) < 4.78 is 0. The lowest BCUT2D eigenvalue weighted by molar-refractivity contribution is 0.464. The first kappa shape index (κ1) is 7.92. The predicted molar refractivity (Wildman–Crippen MR) is 52.0 cm³/mol. The Balaban J connectivity index is 2.94. The molecule has 2 rings (SSSR count). The van der Waals surface area contributed by atoms with Crippen LogP contribution >= 0.6 is 0 Å². The van der Waals surface area contributed by atoms with Crippen molar-refractivity contribution in [1.82, 2.24) is 0 Å². The highest BCUT2D eigenvalue weighted by molar-refractivity contribution is 5.93. The smallest absolute Gasteiger partial charge is 0.127 e. The van der Waals surface area contributed by atoms with Crippen molar-refractivity contribution in [2.24, 2.45) is 0 Å². The zero-order valence-electron chi connectivity index (χ0n) is 7.28. The molecule has 0 unspecified atom stereocenters. The van der Waals surface area contributed by atoms with E-state index in [-0.39, 0.29) is 11.5 Å². The van der Waals surface area contributed by atoms with Gasteiger partial charge in [-0.3, -0.25) is 0 Å². The molecule has 0 atom stereocenters. The molecule has 0 fully saturated rings. The highest BCUT2D eigenvalue weighted by Crippen LogP contribution is 2.33. The van der Waals surface area contributed by atoms with E-state index in [1.165, 1.54) is 0 Å². The van der Waals surface area contributed by atoms with Gasteiger partial charge in [-0.2, -0.15) is 0 Å². The summed E-state index contributed by atoms with van der Waals surface area (Å²) in [6.07, 6.45) is 0. The van der Waals surface area contributed by atoms with Gasteiger partial charge in [0.2, 0.25) is 0 Å². The normalized spacial score (nSPS) is 10.5. The van der Waals surface area contributed by atoms with Crippen molar-refractivity contribution < 1.29 is 10.2 Å². The molecule has 2 heteroatoms. The first-order chi connectivity index (χ1) is 6.18. The quantitative estimate of drug-likeness (QED) is 0.644. The zero-order chi connectivity index (χ0) is 9.42. The van der Waals surface area contributed by atoms with Crippen LogP contribution in [0.15, 0.2) is 30.3 Å². The Kier molecular flexibility index (Phi) is 1.62. The molecule has 2 nitrogen and oxygen atoms in total. The second-order valence-electron chi connectivity index (χ2n) is 3.16. The topological polar surface area (TPSA) is 40.5 Å². The third-order valence-electron chi connectivity index (χ3n) is 2.08. The molecule has 2 aromatic carbocycles. The van der Waals surface area contributed by atoms with Gasteiger partial charge in [-0.05, 0) is 30.0 Å². The minimum absolute atomic E-state index is 0.120. The van der Waals surface area contributed by atoms with E-state index in [1.54, 1.807) is 18.2 Å². The van der Waals surface area contributed by atoms with Crippen LogP contribution < -0.4 is 0 Å². The van der Waals surface area contributed by atoms with E-state index in [2.05, 4.69) is 0 Å². The van der Waals surface area contributed by atoms with Crippen LogP contribution in [0.2, 0.25) is 0 Å². The summed E-state index contributed by atoms with van der Waals surface area (Å²) in [5.74, 6) is 0.253. The largest absolute Gasteiger partial charge is 0.507 e. The Morgan fingerprint density at radius 3 is 2.54 bits per heavy atom. The van der Waals surface area contributed by atoms with E-state index >= 15 is 0 Å². The Bertz CT molecular complexity index is 461. The van der Waals surface area contributed by atoms with Crippen LogP contribution in [0.1, 0.15) is 5.56 Å². The van der Waals surface area contributed by atoms with Crippen LogP contribution in [0.4, 0.5) is 0 Å². The third kappa shape index (κ3) is 1.20. The molecule has 13 heavy (non-hydrogen) atoms. The van der Waals surface area contributed by atoms with Crippen molar-refractivity contribution in [2.45, 2.75) is 6.92 Å². The number of fused-ring (bicyclic) bond motifs is 1. The first-order valence-corrected chi connectivity index (χ1v) is 4.10. The van der Waals surface area contributed by atoms with Gasteiger partial charge in [0.1, 0.15) is 11.5 Å². The summed E-state index contributed by atoms with van der Waals surface area (Å²) in [4.78, 5) is 0. The molecule has 0 aliphatic rings. The molecule has 0 aliphatic carbocycles. The Labute approximate surface area is 76.1 Å². The number of benzene rings is 2. The van der Waals surface area contributed by atoms with E-state index in [4.69, 9.17) is 0 Å². The molecule has 0 radical (unpaired) electrons. The van der Waals surface area contributed by atoms with Crippen molar-refractivity contribution in [3.8, 4) is 11.5 Å². The van der Waals surface area contributed by atoms with Gasteiger partial charge >= 0.3 is 0 Å². The fraction of sp³-hybridized carbons (Fsp3) is 0.0909. The molecule has 0 spiro atoms. The van der Waals surface area contributed by atoms with Gasteiger partial charge in [-0.25, -0.2) is 0 Å². The van der Waals surface area contributed by atoms with Gasteiger partial charge in [-0.15, -0.1) is 0 Å². The van der Waals surface area contributed by atoms with Gasteiger partial charge < -0.3 is 10.2 Å². The van der Waals surface area contributed by atoms with Crippen LogP contribution in [0, 0.1) is 6.92 Å². The van der Waals surface area contributed by atoms with Gasteiger partial charge in [0.25, 0.3) is 0 Å². The zero-order valence-corrected chi connectivity index (χ0v) is 7.28. The summed E-state index contributed by atoms with van der Waals surface area (Å²) in [5, 5.41) is 20.4. The van der Waals surface area contributed by atoms with Gasteiger partial charge in [0.05, 0.1) is 5.39 Å². The molecular formula is C11H10O2. The number of hydrogen-bond donors (Lipinski definition) is 2. The second-order valence-corrected chi connectivity index (χ2v) is 3.16. The van der Waals surface area contributed by atoms with Crippen molar-refractivity contribution in [3.63, 3.8) is 0 Å². The number of aromatic hydroxyl groups is 2. The van der Waals surface area contributed by atoms with Crippen molar-refractivity contribution in [3.05, 3.63) is 35.9 Å². The minimum atomic E-state index is 0.120. The highest BCUT2D eigenvalue weighted by Gasteiger charge is 2.04. The van der Waals surface area contributed by atoms with E-state index in [9.17, 15) is 10.2 Å². The molecular weight excluding hydrogens is 164 g/mol. The van der Waals surface area contributed by atoms with Crippen LogP contribution in [-0.2, 0) is 0 Å². The SMILES string of the molecule is Cc1cc(O)c2c(O)cccc2c1. The maximum absolute atomic E-state index is 9.57. The number of aryl methyl sites for hydroxylation is 1. The lowest BCUT2D eigenvalue weighted by Gasteiger charge is -2.04. The van der Waals surface area contributed by atoms with Gasteiger partial charge in [0, 0.05) is 0 Å². The van der Waals surface area contributed by atoms with Crippen LogP contribution in [0.3, 0.4) is 0 Å². The molecule has 0 saturated heterocycles. The molecule has 2 N–H and O–H groups in total. The maximum Gasteiger partial charge on any atom is 0.127 e. The number of phenolic OH excluding ortho intramolecular Hbond substituents is 2. The fourth-order valence-electron chi connectivity index (χ4n) is 1.53. The Hall–Kier alpha value is -1.70. The number of hydrogen-bond acceptors (Lipinski definition) is 2. The molecule has 0 amide bonds. The third-order valence-corrected chi connectivity index (χ3v) is 2.08. The Morgan fingerprint density at radius 2 is 1.77 bits per heavy atom. The lowest BCUT2D eigenvalue weighted by atomic mass is 10.1. The van der Waals surface area contributed by atoms with Crippen LogP contribution in [0.5, 0.6) is 11.5 Å². The van der Waals surface area contributed by atoms with Gasteiger partial charge in [0.15, 0.2) is 0 Å². The van der Waals surface area contributed by atoms with Crippen LogP contribution in [-0.4, -0.2) is 10.2 Å². The molecule has 0 heterocycles. The number of rotatable bonds is 0.